The molecule has 0 saturated carbocycles. The van der Waals surface area contributed by atoms with Gasteiger partial charge in [0.05, 0.1) is 11.4 Å². The van der Waals surface area contributed by atoms with Crippen LogP contribution in [0.4, 0.5) is 21.9 Å². The molecule has 1 heterocycles. The van der Waals surface area contributed by atoms with Crippen molar-refractivity contribution in [2.24, 2.45) is 0 Å². The number of nitrogens with zero attached hydrogens (tertiary/aromatic N) is 1. The number of benzene rings is 2. The van der Waals surface area contributed by atoms with Crippen LogP contribution in [-0.4, -0.2) is 18.5 Å². The fourth-order valence-corrected chi connectivity index (χ4v) is 2.33. The fraction of sp³-hybridized carbons (Fsp3) is 0.125. The van der Waals surface area contributed by atoms with Gasteiger partial charge >= 0.3 is 6.03 Å². The summed E-state index contributed by atoms with van der Waals surface area (Å²) >= 11 is 0. The first-order chi connectivity index (χ1) is 10.1. The molecule has 1 aliphatic heterocycles. The maximum absolute atomic E-state index is 12.4. The predicted molar refractivity (Wildman–Crippen MR) is 82.6 cm³/mol. The van der Waals surface area contributed by atoms with Crippen LogP contribution in [0.2, 0.25) is 0 Å². The largest absolute Gasteiger partial charge is 0.326 e. The van der Waals surface area contributed by atoms with Crippen LogP contribution >= 0.6 is 0 Å². The van der Waals surface area contributed by atoms with Crippen LogP contribution in [0.3, 0.4) is 0 Å². The van der Waals surface area contributed by atoms with E-state index in [2.05, 4.69) is 10.6 Å². The molecule has 0 aliphatic carbocycles. The molecule has 2 aromatic rings. The number of hydrogen-bond acceptors (Lipinski definition) is 2. The van der Waals surface area contributed by atoms with Crippen molar-refractivity contribution >= 4 is 29.0 Å². The molecule has 0 aromatic heterocycles. The van der Waals surface area contributed by atoms with Crippen molar-refractivity contribution in [3.63, 3.8) is 0 Å². The molecule has 0 bridgehead atoms. The number of nitrogens with one attached hydrogen (secondary N) is 2. The summed E-state index contributed by atoms with van der Waals surface area (Å²) in [6.07, 6.45) is 0. The molecular weight excluding hydrogens is 266 g/mol. The van der Waals surface area contributed by atoms with Crippen LogP contribution in [0.25, 0.3) is 0 Å². The predicted octanol–water partition coefficient (Wildman–Crippen LogP) is 2.99. The average Bonchev–Trinajstić information content (AvgIpc) is 2.46. The number of aryl methyl sites for hydroxylation is 1. The number of carbonyl (C=O) groups is 2. The van der Waals surface area contributed by atoms with Crippen molar-refractivity contribution in [1.82, 2.24) is 0 Å². The molecular formula is C16H15N3O2. The average molecular weight is 281 g/mol. The first-order valence-corrected chi connectivity index (χ1v) is 6.67. The van der Waals surface area contributed by atoms with E-state index in [0.717, 1.165) is 5.56 Å². The molecule has 0 fully saturated rings. The van der Waals surface area contributed by atoms with Gasteiger partial charge in [-0.05, 0) is 36.8 Å². The molecule has 3 amide bonds. The van der Waals surface area contributed by atoms with Crippen LogP contribution in [0.5, 0.6) is 0 Å². The van der Waals surface area contributed by atoms with E-state index in [0.29, 0.717) is 17.1 Å². The van der Waals surface area contributed by atoms with Crippen LogP contribution < -0.4 is 15.5 Å². The van der Waals surface area contributed by atoms with Crippen molar-refractivity contribution < 1.29 is 9.59 Å². The molecule has 0 atom stereocenters. The zero-order valence-corrected chi connectivity index (χ0v) is 11.6. The van der Waals surface area contributed by atoms with Gasteiger partial charge in [-0.3, -0.25) is 9.69 Å². The Morgan fingerprint density at radius 1 is 1.19 bits per heavy atom. The molecule has 2 aromatic carbocycles. The summed E-state index contributed by atoms with van der Waals surface area (Å²) in [4.78, 5) is 25.6. The first-order valence-electron chi connectivity index (χ1n) is 6.67. The summed E-state index contributed by atoms with van der Waals surface area (Å²) < 4.78 is 0. The van der Waals surface area contributed by atoms with Crippen molar-refractivity contribution in [2.45, 2.75) is 6.92 Å². The number of fused-ring (bicyclic) bond motifs is 1. The summed E-state index contributed by atoms with van der Waals surface area (Å²) in [6.45, 7) is 1.97. The number of rotatable bonds is 1. The summed E-state index contributed by atoms with van der Waals surface area (Å²) in [7, 11) is 0. The zero-order valence-electron chi connectivity index (χ0n) is 11.6. The molecule has 0 saturated heterocycles. The Hall–Kier alpha value is -2.82. The monoisotopic (exact) mass is 281 g/mol. The standard InChI is InChI=1S/C16H15N3O2/c1-11-5-4-6-12(9-11)17-16(21)19-10-15(20)18-13-7-2-3-8-14(13)19/h2-9H,10H2,1H3,(H,17,21)(H,18,20). The Bertz CT molecular complexity index is 712. The van der Waals surface area contributed by atoms with Crippen LogP contribution in [0.1, 0.15) is 5.56 Å². The molecule has 3 rings (SSSR count). The van der Waals surface area contributed by atoms with Gasteiger partial charge in [0.2, 0.25) is 5.91 Å². The highest BCUT2D eigenvalue weighted by atomic mass is 16.2. The number of hydrogen-bond donors (Lipinski definition) is 2. The highest BCUT2D eigenvalue weighted by Crippen LogP contribution is 2.29. The number of amides is 3. The van der Waals surface area contributed by atoms with E-state index in [1.807, 2.05) is 49.4 Å². The minimum absolute atomic E-state index is 0.00859. The highest BCUT2D eigenvalue weighted by Gasteiger charge is 2.26. The lowest BCUT2D eigenvalue weighted by Crippen LogP contribution is -2.44. The lowest BCUT2D eigenvalue weighted by molar-refractivity contribution is -0.115. The molecule has 21 heavy (non-hydrogen) atoms. The highest BCUT2D eigenvalue weighted by molar-refractivity contribution is 6.12. The van der Waals surface area contributed by atoms with Crippen molar-refractivity contribution in [3.8, 4) is 0 Å². The smallest absolute Gasteiger partial charge is 0.323 e. The maximum atomic E-state index is 12.4. The molecule has 1 aliphatic rings. The van der Waals surface area contributed by atoms with Crippen molar-refractivity contribution in [3.05, 3.63) is 54.1 Å². The number of urea groups is 1. The minimum atomic E-state index is -0.317. The topological polar surface area (TPSA) is 61.4 Å². The van der Waals surface area contributed by atoms with E-state index in [9.17, 15) is 9.59 Å². The van der Waals surface area contributed by atoms with Gasteiger partial charge in [-0.2, -0.15) is 0 Å². The third-order valence-electron chi connectivity index (χ3n) is 3.29. The quantitative estimate of drug-likeness (QED) is 0.844. The Labute approximate surface area is 122 Å². The molecule has 5 heteroatoms. The van der Waals surface area contributed by atoms with Gasteiger partial charge in [-0.1, -0.05) is 24.3 Å². The van der Waals surface area contributed by atoms with E-state index in [1.165, 1.54) is 4.90 Å². The molecule has 5 nitrogen and oxygen atoms in total. The Morgan fingerprint density at radius 3 is 2.81 bits per heavy atom. The number of carbonyl (C=O) groups excluding carboxylic acids is 2. The SMILES string of the molecule is Cc1cccc(NC(=O)N2CC(=O)Nc3ccccc32)c1. The Balaban J connectivity index is 1.86. The first kappa shape index (κ1) is 13.2. The normalized spacial score (nSPS) is 13.4. The molecule has 106 valence electrons. The molecule has 0 unspecified atom stereocenters. The molecule has 0 spiro atoms. The Kier molecular flexibility index (Phi) is 3.31. The second-order valence-electron chi connectivity index (χ2n) is 4.95. The summed E-state index contributed by atoms with van der Waals surface area (Å²) in [6, 6.07) is 14.5. The Morgan fingerprint density at radius 2 is 2.00 bits per heavy atom. The summed E-state index contributed by atoms with van der Waals surface area (Å²) in [5.41, 5.74) is 3.11. The van der Waals surface area contributed by atoms with Crippen molar-refractivity contribution in [2.75, 3.05) is 22.1 Å². The summed E-state index contributed by atoms with van der Waals surface area (Å²) in [5.74, 6) is -0.201. The molecule has 2 N–H and O–H groups in total. The van der Waals surface area contributed by atoms with E-state index < -0.39 is 0 Å². The van der Waals surface area contributed by atoms with Crippen molar-refractivity contribution in [1.29, 1.82) is 0 Å². The number of para-hydroxylation sites is 2. The lowest BCUT2D eigenvalue weighted by atomic mass is 10.2. The fourth-order valence-electron chi connectivity index (χ4n) is 2.33. The van der Waals surface area contributed by atoms with Gasteiger partial charge < -0.3 is 10.6 Å². The third-order valence-corrected chi connectivity index (χ3v) is 3.29. The second-order valence-corrected chi connectivity index (χ2v) is 4.95. The lowest BCUT2D eigenvalue weighted by Gasteiger charge is -2.29. The van der Waals surface area contributed by atoms with Crippen LogP contribution in [0, 0.1) is 6.92 Å². The number of anilines is 3. The van der Waals surface area contributed by atoms with Gasteiger partial charge in [0.1, 0.15) is 6.54 Å². The van der Waals surface area contributed by atoms with Gasteiger partial charge in [-0.25, -0.2) is 4.79 Å². The van der Waals surface area contributed by atoms with Gasteiger partial charge in [0.15, 0.2) is 0 Å². The van der Waals surface area contributed by atoms with Crippen LogP contribution in [-0.2, 0) is 4.79 Å². The van der Waals surface area contributed by atoms with E-state index in [1.54, 1.807) is 6.07 Å². The van der Waals surface area contributed by atoms with Gasteiger partial charge in [0, 0.05) is 5.69 Å². The maximum Gasteiger partial charge on any atom is 0.326 e. The third kappa shape index (κ3) is 2.72. The zero-order chi connectivity index (χ0) is 14.8. The van der Waals surface area contributed by atoms with Gasteiger partial charge in [0.25, 0.3) is 0 Å². The van der Waals surface area contributed by atoms with Gasteiger partial charge in [-0.15, -0.1) is 0 Å². The van der Waals surface area contributed by atoms with Crippen LogP contribution in [0.15, 0.2) is 48.5 Å². The summed E-state index contributed by atoms with van der Waals surface area (Å²) in [5, 5.41) is 5.58. The molecule has 0 radical (unpaired) electrons. The van der Waals surface area contributed by atoms with E-state index >= 15 is 0 Å². The minimum Gasteiger partial charge on any atom is -0.323 e. The van der Waals surface area contributed by atoms with E-state index in [4.69, 9.17) is 0 Å². The second kappa shape index (κ2) is 5.28. The van der Waals surface area contributed by atoms with E-state index in [-0.39, 0.29) is 18.5 Å².